The fraction of sp³-hybridized carbons (Fsp3) is 0.167. The molecule has 0 aliphatic carbocycles. The van der Waals surface area contributed by atoms with Crippen molar-refractivity contribution in [3.05, 3.63) is 18.0 Å². The molecule has 0 aromatic carbocycles. The van der Waals surface area contributed by atoms with Crippen LogP contribution in [0.25, 0.3) is 0 Å². The molecule has 0 amide bonds. The van der Waals surface area contributed by atoms with Gasteiger partial charge in [0.15, 0.2) is 5.75 Å². The smallest absolute Gasteiger partial charge is 0.433 e. The Bertz CT molecular complexity index is 297. The highest BCUT2D eigenvalue weighted by atomic mass is 19.4. The van der Waals surface area contributed by atoms with Crippen molar-refractivity contribution in [3.63, 3.8) is 0 Å². The predicted molar refractivity (Wildman–Crippen MR) is 35.3 cm³/mol. The molecule has 0 spiro atoms. The van der Waals surface area contributed by atoms with Gasteiger partial charge in [-0.15, -0.1) is 0 Å². The summed E-state index contributed by atoms with van der Waals surface area (Å²) in [5, 5.41) is 8.75. The monoisotopic (exact) mass is 178 g/mol. The number of nitrogens with zero attached hydrogens (tertiary/aromatic N) is 1. The van der Waals surface area contributed by atoms with Gasteiger partial charge in [-0.05, 0) is 6.07 Å². The largest absolute Gasteiger partial charge is 0.504 e. The molecular weight excluding hydrogens is 173 g/mol. The van der Waals surface area contributed by atoms with E-state index in [9.17, 15) is 13.2 Å². The van der Waals surface area contributed by atoms with E-state index >= 15 is 0 Å². The van der Waals surface area contributed by atoms with Gasteiger partial charge < -0.3 is 10.8 Å². The van der Waals surface area contributed by atoms with Crippen LogP contribution in [0.3, 0.4) is 0 Å². The molecule has 6 heteroatoms. The summed E-state index contributed by atoms with van der Waals surface area (Å²) >= 11 is 0. The van der Waals surface area contributed by atoms with E-state index in [1.165, 1.54) is 0 Å². The first kappa shape index (κ1) is 8.63. The van der Waals surface area contributed by atoms with Crippen LogP contribution in [0.15, 0.2) is 12.3 Å². The maximum absolute atomic E-state index is 11.9. The van der Waals surface area contributed by atoms with Crippen LogP contribution in [-0.4, -0.2) is 10.1 Å². The van der Waals surface area contributed by atoms with Crippen molar-refractivity contribution in [1.82, 2.24) is 4.98 Å². The Labute approximate surface area is 65.6 Å². The third-order valence-electron chi connectivity index (χ3n) is 1.20. The molecule has 0 saturated carbocycles. The molecule has 0 atom stereocenters. The summed E-state index contributed by atoms with van der Waals surface area (Å²) in [6.07, 6.45) is -3.86. The Balaban J connectivity index is 3.14. The summed E-state index contributed by atoms with van der Waals surface area (Å²) in [6.45, 7) is 0. The van der Waals surface area contributed by atoms with Crippen LogP contribution in [0.2, 0.25) is 0 Å². The highest BCUT2D eigenvalue weighted by Gasteiger charge is 2.32. The first-order valence-electron chi connectivity index (χ1n) is 2.93. The fourth-order valence-electron chi connectivity index (χ4n) is 0.619. The van der Waals surface area contributed by atoms with Gasteiger partial charge in [0.2, 0.25) is 0 Å². The number of halogens is 3. The molecule has 3 nitrogen and oxygen atoms in total. The predicted octanol–water partition coefficient (Wildman–Crippen LogP) is 1.39. The lowest BCUT2D eigenvalue weighted by molar-refractivity contribution is -0.141. The molecule has 1 heterocycles. The van der Waals surface area contributed by atoms with E-state index in [1.54, 1.807) is 0 Å². The fourth-order valence-corrected chi connectivity index (χ4v) is 0.619. The average Bonchev–Trinajstić information content (AvgIpc) is 1.92. The second-order valence-electron chi connectivity index (χ2n) is 2.13. The number of pyridine rings is 1. The van der Waals surface area contributed by atoms with E-state index in [0.717, 1.165) is 0 Å². The Morgan fingerprint density at radius 2 is 2.00 bits per heavy atom. The lowest BCUT2D eigenvalue weighted by Crippen LogP contribution is -2.08. The maximum atomic E-state index is 11.9. The van der Waals surface area contributed by atoms with Crippen LogP contribution in [0, 0.1) is 0 Å². The van der Waals surface area contributed by atoms with Gasteiger partial charge in [-0.3, -0.25) is 0 Å². The summed E-state index contributed by atoms with van der Waals surface area (Å²) in [7, 11) is 0. The number of aromatic hydroxyl groups is 1. The number of rotatable bonds is 0. The zero-order valence-electron chi connectivity index (χ0n) is 5.76. The number of alkyl halides is 3. The van der Waals surface area contributed by atoms with Crippen molar-refractivity contribution in [3.8, 4) is 5.75 Å². The van der Waals surface area contributed by atoms with Crippen molar-refractivity contribution < 1.29 is 18.3 Å². The summed E-state index contributed by atoms with van der Waals surface area (Å²) < 4.78 is 35.7. The normalized spacial score (nSPS) is 11.6. The van der Waals surface area contributed by atoms with Gasteiger partial charge in [0.1, 0.15) is 5.69 Å². The van der Waals surface area contributed by atoms with Crippen LogP contribution >= 0.6 is 0 Å². The van der Waals surface area contributed by atoms with E-state index in [-0.39, 0.29) is 5.69 Å². The SMILES string of the molecule is Nc1cc(C(F)(F)F)ncc1O. The molecule has 0 fully saturated rings. The van der Waals surface area contributed by atoms with E-state index in [4.69, 9.17) is 10.8 Å². The molecule has 66 valence electrons. The molecule has 0 saturated heterocycles. The number of hydrogen-bond acceptors (Lipinski definition) is 3. The van der Waals surface area contributed by atoms with Crippen molar-refractivity contribution >= 4 is 5.69 Å². The van der Waals surface area contributed by atoms with Crippen molar-refractivity contribution in [2.75, 3.05) is 5.73 Å². The van der Waals surface area contributed by atoms with Crippen LogP contribution in [-0.2, 0) is 6.18 Å². The van der Waals surface area contributed by atoms with Crippen molar-refractivity contribution in [2.45, 2.75) is 6.18 Å². The van der Waals surface area contributed by atoms with Gasteiger partial charge in [-0.1, -0.05) is 0 Å². The molecule has 3 N–H and O–H groups in total. The highest BCUT2D eigenvalue weighted by Crippen LogP contribution is 2.30. The van der Waals surface area contributed by atoms with Gasteiger partial charge in [-0.25, -0.2) is 4.98 Å². The molecule has 0 aliphatic heterocycles. The van der Waals surface area contributed by atoms with E-state index in [2.05, 4.69) is 4.98 Å². The topological polar surface area (TPSA) is 59.1 Å². The average molecular weight is 178 g/mol. The molecular formula is C6H5F3N2O. The third kappa shape index (κ3) is 1.58. The highest BCUT2D eigenvalue weighted by molar-refractivity contribution is 5.50. The van der Waals surface area contributed by atoms with Crippen molar-refractivity contribution in [2.24, 2.45) is 0 Å². The Morgan fingerprint density at radius 1 is 1.42 bits per heavy atom. The van der Waals surface area contributed by atoms with Gasteiger partial charge in [0.05, 0.1) is 11.9 Å². The second kappa shape index (κ2) is 2.54. The molecule has 1 aromatic rings. The Hall–Kier alpha value is -1.46. The van der Waals surface area contributed by atoms with Gasteiger partial charge in [0.25, 0.3) is 0 Å². The van der Waals surface area contributed by atoms with Crippen LogP contribution in [0.1, 0.15) is 5.69 Å². The Kier molecular flexibility index (Phi) is 1.83. The van der Waals surface area contributed by atoms with Crippen LogP contribution in [0.4, 0.5) is 18.9 Å². The zero-order valence-corrected chi connectivity index (χ0v) is 5.76. The number of nitrogens with two attached hydrogens (primary N) is 1. The van der Waals surface area contributed by atoms with Crippen LogP contribution in [0.5, 0.6) is 5.75 Å². The Morgan fingerprint density at radius 3 is 2.42 bits per heavy atom. The number of nitrogen functional groups attached to an aromatic ring is 1. The lowest BCUT2D eigenvalue weighted by atomic mass is 10.3. The number of hydrogen-bond donors (Lipinski definition) is 2. The quantitative estimate of drug-likeness (QED) is 0.631. The maximum Gasteiger partial charge on any atom is 0.433 e. The van der Waals surface area contributed by atoms with Gasteiger partial charge in [0, 0.05) is 0 Å². The molecule has 0 aliphatic rings. The molecule has 1 rings (SSSR count). The summed E-state index contributed by atoms with van der Waals surface area (Å²) in [5.74, 6) is -0.456. The third-order valence-corrected chi connectivity index (χ3v) is 1.20. The summed E-state index contributed by atoms with van der Waals surface area (Å²) in [5.41, 5.74) is 3.58. The standard InChI is InChI=1S/C6H5F3N2O/c7-6(8,9)5-1-3(10)4(12)2-11-5/h1-2,12H,(H2,10,11). The lowest BCUT2D eigenvalue weighted by Gasteiger charge is -2.06. The molecule has 1 aromatic heterocycles. The number of anilines is 1. The second-order valence-corrected chi connectivity index (χ2v) is 2.13. The molecule has 0 radical (unpaired) electrons. The van der Waals surface area contributed by atoms with E-state index in [1.807, 2.05) is 0 Å². The minimum Gasteiger partial charge on any atom is -0.504 e. The minimum absolute atomic E-state index is 0.336. The van der Waals surface area contributed by atoms with Gasteiger partial charge >= 0.3 is 6.18 Å². The van der Waals surface area contributed by atoms with Crippen molar-refractivity contribution in [1.29, 1.82) is 0 Å². The summed E-state index contributed by atoms with van der Waals surface area (Å²) in [4.78, 5) is 2.96. The molecule has 12 heavy (non-hydrogen) atoms. The van der Waals surface area contributed by atoms with Gasteiger partial charge in [-0.2, -0.15) is 13.2 Å². The first-order chi connectivity index (χ1) is 5.41. The molecule has 0 unspecified atom stereocenters. The van der Waals surface area contributed by atoms with Crippen LogP contribution < -0.4 is 5.73 Å². The summed E-state index contributed by atoms with van der Waals surface area (Å²) in [6, 6.07) is 0.579. The minimum atomic E-state index is -4.53. The first-order valence-corrected chi connectivity index (χ1v) is 2.93. The van der Waals surface area contributed by atoms with E-state index in [0.29, 0.717) is 12.3 Å². The van der Waals surface area contributed by atoms with E-state index < -0.39 is 17.6 Å². The zero-order chi connectivity index (χ0) is 9.35. The number of aromatic nitrogens is 1. The molecule has 0 bridgehead atoms.